The van der Waals surface area contributed by atoms with Crippen LogP contribution in [0.4, 0.5) is 0 Å². The summed E-state index contributed by atoms with van der Waals surface area (Å²) in [6.07, 6.45) is 2.85. The number of carbonyl (C=O) groups is 1. The summed E-state index contributed by atoms with van der Waals surface area (Å²) in [6, 6.07) is -0.566. The summed E-state index contributed by atoms with van der Waals surface area (Å²) in [5.74, 6) is 1.18. The van der Waals surface area contributed by atoms with Crippen molar-refractivity contribution in [3.8, 4) is 0 Å². The van der Waals surface area contributed by atoms with Gasteiger partial charge in [0.05, 0.1) is 0 Å². The van der Waals surface area contributed by atoms with Gasteiger partial charge in [0.1, 0.15) is 17.7 Å². The van der Waals surface area contributed by atoms with Crippen LogP contribution in [0.2, 0.25) is 0 Å². The van der Waals surface area contributed by atoms with Crippen LogP contribution < -0.4 is 5.32 Å². The van der Waals surface area contributed by atoms with Crippen LogP contribution in [0.5, 0.6) is 0 Å². The third-order valence-electron chi connectivity index (χ3n) is 3.06. The highest BCUT2D eigenvalue weighted by molar-refractivity contribution is 5.76. The van der Waals surface area contributed by atoms with Crippen LogP contribution in [0.1, 0.15) is 19.3 Å². The van der Waals surface area contributed by atoms with E-state index in [-0.39, 0.29) is 11.8 Å². The number of carbonyl (C=O) groups excluding carboxylic acids is 1. The molecule has 0 bridgehead atoms. The Morgan fingerprint density at radius 3 is 2.92 bits per heavy atom. The smallest absolute Gasteiger partial charge is 0.326 e. The first-order valence-corrected chi connectivity index (χ1v) is 4.48. The topological polar surface area (TPSA) is 66.4 Å². The second kappa shape index (κ2) is 2.89. The highest BCUT2D eigenvalue weighted by Gasteiger charge is 2.46. The number of carboxylic acid groups (broad SMARTS) is 1. The van der Waals surface area contributed by atoms with E-state index in [0.29, 0.717) is 5.70 Å². The second-order valence-corrected chi connectivity index (χ2v) is 3.68. The number of carboxylic acids is 1. The standard InChI is InChI=1S/C9H11NO3/c11-4-7-5-2-1-3-6(5)8(10-7)9(12)13/h5-6,8,10H,1-3H2,(H,12,13). The molecule has 2 rings (SSSR count). The summed E-state index contributed by atoms with van der Waals surface area (Å²) in [7, 11) is 0. The number of hydrogen-bond acceptors (Lipinski definition) is 3. The summed E-state index contributed by atoms with van der Waals surface area (Å²) in [4.78, 5) is 21.3. The number of rotatable bonds is 1. The van der Waals surface area contributed by atoms with E-state index in [2.05, 4.69) is 5.32 Å². The van der Waals surface area contributed by atoms with Crippen molar-refractivity contribution in [2.24, 2.45) is 11.8 Å². The van der Waals surface area contributed by atoms with Crippen molar-refractivity contribution >= 4 is 11.9 Å². The van der Waals surface area contributed by atoms with Crippen molar-refractivity contribution in [3.05, 3.63) is 5.70 Å². The normalized spacial score (nSPS) is 36.6. The zero-order chi connectivity index (χ0) is 9.42. The number of allylic oxidation sites excluding steroid dienone is 1. The van der Waals surface area contributed by atoms with Crippen LogP contribution in [0.25, 0.3) is 0 Å². The van der Waals surface area contributed by atoms with Crippen molar-refractivity contribution in [2.75, 3.05) is 0 Å². The molecule has 0 amide bonds. The summed E-state index contributed by atoms with van der Waals surface area (Å²) >= 11 is 0. The predicted octanol–water partition coefficient (Wildman–Crippen LogP) is 0.175. The zero-order valence-corrected chi connectivity index (χ0v) is 7.12. The Morgan fingerprint density at radius 1 is 1.54 bits per heavy atom. The molecule has 0 aromatic carbocycles. The molecule has 1 saturated heterocycles. The molecule has 3 atom stereocenters. The highest BCUT2D eigenvalue weighted by Crippen LogP contribution is 2.42. The maximum atomic E-state index is 10.8. The van der Waals surface area contributed by atoms with E-state index < -0.39 is 12.0 Å². The fourth-order valence-electron chi connectivity index (χ4n) is 2.48. The van der Waals surface area contributed by atoms with E-state index >= 15 is 0 Å². The van der Waals surface area contributed by atoms with Gasteiger partial charge < -0.3 is 10.4 Å². The van der Waals surface area contributed by atoms with Crippen molar-refractivity contribution in [3.63, 3.8) is 0 Å². The number of fused-ring (bicyclic) bond motifs is 1. The van der Waals surface area contributed by atoms with Gasteiger partial charge in [0.2, 0.25) is 0 Å². The van der Waals surface area contributed by atoms with Gasteiger partial charge in [0.25, 0.3) is 0 Å². The Balaban J connectivity index is 2.27. The van der Waals surface area contributed by atoms with Crippen molar-refractivity contribution < 1.29 is 14.7 Å². The lowest BCUT2D eigenvalue weighted by Crippen LogP contribution is -2.34. The number of nitrogens with one attached hydrogen (secondary N) is 1. The van der Waals surface area contributed by atoms with Crippen molar-refractivity contribution in [2.45, 2.75) is 25.3 Å². The third-order valence-corrected chi connectivity index (χ3v) is 3.06. The van der Waals surface area contributed by atoms with Crippen LogP contribution in [0, 0.1) is 11.8 Å². The van der Waals surface area contributed by atoms with Crippen molar-refractivity contribution in [1.82, 2.24) is 5.32 Å². The minimum atomic E-state index is -0.859. The first kappa shape index (κ1) is 8.32. The SMILES string of the molecule is O=C=C1NC(C(=O)O)C2CCCC12. The van der Waals surface area contributed by atoms with E-state index in [1.807, 2.05) is 5.94 Å². The molecule has 1 saturated carbocycles. The van der Waals surface area contributed by atoms with Gasteiger partial charge in [-0.2, -0.15) is 0 Å². The molecule has 0 spiro atoms. The molecule has 1 heterocycles. The lowest BCUT2D eigenvalue weighted by Gasteiger charge is -2.11. The molecule has 0 aromatic heterocycles. The van der Waals surface area contributed by atoms with E-state index in [9.17, 15) is 9.59 Å². The molecule has 70 valence electrons. The number of hydrogen-bond donors (Lipinski definition) is 2. The summed E-state index contributed by atoms with van der Waals surface area (Å²) in [6.45, 7) is 0. The Kier molecular flexibility index (Phi) is 1.85. The quantitative estimate of drug-likeness (QED) is 0.566. The van der Waals surface area contributed by atoms with Gasteiger partial charge in [-0.25, -0.2) is 9.59 Å². The van der Waals surface area contributed by atoms with Crippen LogP contribution in [0.3, 0.4) is 0 Å². The van der Waals surface area contributed by atoms with Gasteiger partial charge in [-0.1, -0.05) is 6.42 Å². The molecule has 4 heteroatoms. The molecule has 2 N–H and O–H groups in total. The fraction of sp³-hybridized carbons (Fsp3) is 0.667. The second-order valence-electron chi connectivity index (χ2n) is 3.68. The first-order valence-electron chi connectivity index (χ1n) is 4.48. The molecule has 0 aromatic rings. The van der Waals surface area contributed by atoms with Crippen LogP contribution >= 0.6 is 0 Å². The molecule has 1 aliphatic carbocycles. The van der Waals surface area contributed by atoms with Gasteiger partial charge in [-0.3, -0.25) is 0 Å². The fourth-order valence-corrected chi connectivity index (χ4v) is 2.48. The van der Waals surface area contributed by atoms with E-state index in [4.69, 9.17) is 5.11 Å². The van der Waals surface area contributed by atoms with Gasteiger partial charge in [0.15, 0.2) is 0 Å². The Labute approximate surface area is 75.6 Å². The lowest BCUT2D eigenvalue weighted by atomic mass is 9.93. The maximum absolute atomic E-state index is 10.8. The molecule has 13 heavy (non-hydrogen) atoms. The Hall–Kier alpha value is -1.28. The summed E-state index contributed by atoms with van der Waals surface area (Å²) in [5.41, 5.74) is 0.468. The molecular weight excluding hydrogens is 170 g/mol. The average Bonchev–Trinajstić information content (AvgIpc) is 2.61. The summed E-state index contributed by atoms with van der Waals surface area (Å²) < 4.78 is 0. The van der Waals surface area contributed by atoms with Crippen LogP contribution in [-0.2, 0) is 9.59 Å². The van der Waals surface area contributed by atoms with E-state index in [1.54, 1.807) is 0 Å². The molecule has 2 fully saturated rings. The monoisotopic (exact) mass is 181 g/mol. The van der Waals surface area contributed by atoms with Gasteiger partial charge >= 0.3 is 5.97 Å². The number of aliphatic carboxylic acids is 1. The molecular formula is C9H11NO3. The maximum Gasteiger partial charge on any atom is 0.326 e. The molecule has 4 nitrogen and oxygen atoms in total. The summed E-state index contributed by atoms with van der Waals surface area (Å²) in [5, 5.41) is 11.6. The molecule has 2 aliphatic rings. The van der Waals surface area contributed by atoms with Crippen molar-refractivity contribution in [1.29, 1.82) is 0 Å². The molecule has 0 radical (unpaired) electrons. The van der Waals surface area contributed by atoms with E-state index in [0.717, 1.165) is 19.3 Å². The van der Waals surface area contributed by atoms with Crippen LogP contribution in [-0.4, -0.2) is 23.1 Å². The predicted molar refractivity (Wildman–Crippen MR) is 44.6 cm³/mol. The van der Waals surface area contributed by atoms with Gasteiger partial charge in [0, 0.05) is 5.92 Å². The third kappa shape index (κ3) is 1.14. The first-order chi connectivity index (χ1) is 6.24. The van der Waals surface area contributed by atoms with E-state index in [1.165, 1.54) is 0 Å². The average molecular weight is 181 g/mol. The zero-order valence-electron chi connectivity index (χ0n) is 7.12. The van der Waals surface area contributed by atoms with Gasteiger partial charge in [-0.05, 0) is 18.8 Å². The molecule has 1 aliphatic heterocycles. The largest absolute Gasteiger partial charge is 0.480 e. The Morgan fingerprint density at radius 2 is 2.31 bits per heavy atom. The minimum absolute atomic E-state index is 0.106. The molecule has 3 unspecified atom stereocenters. The van der Waals surface area contributed by atoms with Gasteiger partial charge in [-0.15, -0.1) is 0 Å². The van der Waals surface area contributed by atoms with Crippen LogP contribution in [0.15, 0.2) is 5.70 Å². The Bertz CT molecular complexity index is 293. The highest BCUT2D eigenvalue weighted by atomic mass is 16.4. The lowest BCUT2D eigenvalue weighted by molar-refractivity contribution is -0.140. The minimum Gasteiger partial charge on any atom is -0.480 e.